The Bertz CT molecular complexity index is 729. The van der Waals surface area contributed by atoms with Crippen LogP contribution in [0.2, 0.25) is 18.1 Å². The third-order valence-electron chi connectivity index (χ3n) is 5.38. The molecule has 1 aliphatic rings. The number of nitrogens with zero attached hydrogens (tertiary/aromatic N) is 2. The van der Waals surface area contributed by atoms with E-state index < -0.39 is 8.24 Å². The summed E-state index contributed by atoms with van der Waals surface area (Å²) >= 11 is 0. The molecule has 0 radical (unpaired) electrons. The van der Waals surface area contributed by atoms with E-state index >= 15 is 0 Å². The van der Waals surface area contributed by atoms with E-state index in [0.717, 1.165) is 12.8 Å². The highest BCUT2D eigenvalue weighted by Gasteiger charge is 2.41. The number of aliphatic imine (C=N–C) groups is 1. The highest BCUT2D eigenvalue weighted by molar-refractivity contribution is 6.79. The molecule has 0 fully saturated rings. The molecule has 0 saturated carbocycles. The van der Waals surface area contributed by atoms with Crippen molar-refractivity contribution in [1.29, 1.82) is 0 Å². The van der Waals surface area contributed by atoms with Crippen LogP contribution in [0.4, 0.5) is 5.82 Å². The van der Waals surface area contributed by atoms with Gasteiger partial charge in [0, 0.05) is 22.2 Å². The lowest BCUT2D eigenvalue weighted by Crippen LogP contribution is -2.45. The molecule has 2 nitrogen and oxygen atoms in total. The summed E-state index contributed by atoms with van der Waals surface area (Å²) in [7, 11) is -1.69. The van der Waals surface area contributed by atoms with Crippen LogP contribution < -0.4 is 0 Å². The van der Waals surface area contributed by atoms with Gasteiger partial charge in [0.1, 0.15) is 5.82 Å². The Morgan fingerprint density at radius 1 is 1.10 bits per heavy atom. The third kappa shape index (κ3) is 2.10. The molecule has 0 atom stereocenters. The largest absolute Gasteiger partial charge is 0.353 e. The van der Waals surface area contributed by atoms with E-state index in [0.29, 0.717) is 5.04 Å². The average Bonchev–Trinajstić information content (AvgIpc) is 2.71. The van der Waals surface area contributed by atoms with Crippen LogP contribution in [0.25, 0.3) is 10.9 Å². The molecule has 1 aromatic carbocycles. The molecule has 112 valence electrons. The highest BCUT2D eigenvalue weighted by Crippen LogP contribution is 2.45. The van der Waals surface area contributed by atoms with Gasteiger partial charge in [-0.05, 0) is 30.9 Å². The number of fused-ring (bicyclic) bond motifs is 3. The monoisotopic (exact) mass is 298 g/mol. The smallest absolute Gasteiger partial charge is 0.163 e. The molecule has 0 bridgehead atoms. The SMILES string of the molecule is CC1=Nc2c(c3ccccc3n2[Si](C)(C)C(C)(C)C)CC1. The van der Waals surface area contributed by atoms with Crippen LogP contribution >= 0.6 is 0 Å². The van der Waals surface area contributed by atoms with Gasteiger partial charge in [0.15, 0.2) is 8.24 Å². The summed E-state index contributed by atoms with van der Waals surface area (Å²) in [5, 5.41) is 1.71. The van der Waals surface area contributed by atoms with E-state index in [1.165, 1.54) is 28.0 Å². The van der Waals surface area contributed by atoms with Gasteiger partial charge in [0.05, 0.1) is 0 Å². The van der Waals surface area contributed by atoms with Gasteiger partial charge in [-0.3, -0.25) is 0 Å². The molecule has 3 rings (SSSR count). The van der Waals surface area contributed by atoms with E-state index in [4.69, 9.17) is 4.99 Å². The Labute approximate surface area is 129 Å². The van der Waals surface area contributed by atoms with Crippen LogP contribution in [0.5, 0.6) is 0 Å². The first-order chi connectivity index (χ1) is 9.73. The summed E-state index contributed by atoms with van der Waals surface area (Å²) in [6.45, 7) is 14.2. The summed E-state index contributed by atoms with van der Waals surface area (Å²) < 4.78 is 2.61. The van der Waals surface area contributed by atoms with Crippen molar-refractivity contribution in [3.8, 4) is 0 Å². The summed E-state index contributed by atoms with van der Waals surface area (Å²) in [5.41, 5.74) is 4.11. The van der Waals surface area contributed by atoms with Crippen molar-refractivity contribution >= 4 is 30.7 Å². The Hall–Kier alpha value is -1.35. The fourth-order valence-electron chi connectivity index (χ4n) is 3.10. The number of rotatable bonds is 1. The van der Waals surface area contributed by atoms with Crippen LogP contribution in [0.3, 0.4) is 0 Å². The predicted molar refractivity (Wildman–Crippen MR) is 95.6 cm³/mol. The van der Waals surface area contributed by atoms with Crippen molar-refractivity contribution in [1.82, 2.24) is 4.23 Å². The Morgan fingerprint density at radius 3 is 2.43 bits per heavy atom. The maximum Gasteiger partial charge on any atom is 0.163 e. The van der Waals surface area contributed by atoms with Gasteiger partial charge in [0.2, 0.25) is 0 Å². The molecular weight excluding hydrogens is 272 g/mol. The molecule has 0 saturated heterocycles. The molecule has 3 heteroatoms. The summed E-state index contributed by atoms with van der Waals surface area (Å²) in [6, 6.07) is 8.87. The van der Waals surface area contributed by atoms with Crippen LogP contribution in [-0.4, -0.2) is 18.2 Å². The Kier molecular flexibility index (Phi) is 3.17. The second-order valence-electron chi connectivity index (χ2n) is 7.81. The zero-order chi connectivity index (χ0) is 15.4. The van der Waals surface area contributed by atoms with E-state index in [2.05, 4.69) is 69.3 Å². The van der Waals surface area contributed by atoms with E-state index in [1.807, 2.05) is 0 Å². The highest BCUT2D eigenvalue weighted by atomic mass is 28.3. The molecule has 1 aromatic heterocycles. The van der Waals surface area contributed by atoms with E-state index in [-0.39, 0.29) is 0 Å². The number of aryl methyl sites for hydroxylation is 1. The van der Waals surface area contributed by atoms with Gasteiger partial charge in [-0.15, -0.1) is 0 Å². The normalized spacial score (nSPS) is 16.0. The lowest BCUT2D eigenvalue weighted by atomic mass is 10.0. The van der Waals surface area contributed by atoms with Crippen LogP contribution in [0.15, 0.2) is 29.3 Å². The number of hydrogen-bond acceptors (Lipinski definition) is 1. The van der Waals surface area contributed by atoms with Gasteiger partial charge >= 0.3 is 0 Å². The Balaban J connectivity index is 2.41. The second-order valence-corrected chi connectivity index (χ2v) is 12.9. The zero-order valence-electron chi connectivity index (χ0n) is 14.1. The van der Waals surface area contributed by atoms with E-state index in [1.54, 1.807) is 0 Å². The number of para-hydroxylation sites is 1. The van der Waals surface area contributed by atoms with Crippen molar-refractivity contribution in [3.05, 3.63) is 29.8 Å². The maximum absolute atomic E-state index is 4.98. The summed E-state index contributed by atoms with van der Waals surface area (Å²) in [5.74, 6) is 1.24. The number of hydrogen-bond donors (Lipinski definition) is 0. The maximum atomic E-state index is 4.98. The standard InChI is InChI=1S/C18H26N2Si/c1-13-11-12-15-14-9-7-8-10-16(14)20(17(15)19-13)21(5,6)18(2,3)4/h7-10H,11-12H2,1-6H3. The lowest BCUT2D eigenvalue weighted by Gasteiger charge is -2.39. The van der Waals surface area contributed by atoms with Gasteiger partial charge in [-0.1, -0.05) is 52.1 Å². The topological polar surface area (TPSA) is 17.3 Å². The summed E-state index contributed by atoms with van der Waals surface area (Å²) in [6.07, 6.45) is 2.23. The molecule has 0 N–H and O–H groups in total. The molecule has 21 heavy (non-hydrogen) atoms. The minimum absolute atomic E-state index is 0.295. The molecule has 0 aliphatic carbocycles. The van der Waals surface area contributed by atoms with Gasteiger partial charge < -0.3 is 4.23 Å². The number of aromatic nitrogens is 1. The molecular formula is C18H26N2Si. The minimum Gasteiger partial charge on any atom is -0.353 e. The van der Waals surface area contributed by atoms with Crippen LogP contribution in [0.1, 0.15) is 39.7 Å². The first-order valence-corrected chi connectivity index (χ1v) is 10.8. The molecule has 2 heterocycles. The predicted octanol–water partition coefficient (Wildman–Crippen LogP) is 5.53. The van der Waals surface area contributed by atoms with Crippen molar-refractivity contribution in [3.63, 3.8) is 0 Å². The van der Waals surface area contributed by atoms with E-state index in [9.17, 15) is 0 Å². The zero-order valence-corrected chi connectivity index (χ0v) is 15.1. The summed E-state index contributed by atoms with van der Waals surface area (Å²) in [4.78, 5) is 4.98. The molecule has 0 unspecified atom stereocenters. The molecule has 0 amide bonds. The fourth-order valence-corrected chi connectivity index (χ4v) is 5.28. The fraction of sp³-hybridized carbons (Fsp3) is 0.500. The van der Waals surface area contributed by atoms with Crippen molar-refractivity contribution in [2.75, 3.05) is 0 Å². The van der Waals surface area contributed by atoms with Crippen molar-refractivity contribution in [2.45, 2.75) is 58.7 Å². The van der Waals surface area contributed by atoms with Gasteiger partial charge in [0.25, 0.3) is 0 Å². The van der Waals surface area contributed by atoms with Gasteiger partial charge in [-0.2, -0.15) is 0 Å². The lowest BCUT2D eigenvalue weighted by molar-refractivity contribution is 0.702. The molecule has 2 aromatic rings. The van der Waals surface area contributed by atoms with Gasteiger partial charge in [-0.25, -0.2) is 4.99 Å². The second kappa shape index (κ2) is 4.57. The minimum atomic E-state index is -1.69. The van der Waals surface area contributed by atoms with Crippen molar-refractivity contribution in [2.24, 2.45) is 4.99 Å². The molecule has 1 aliphatic heterocycles. The average molecular weight is 299 g/mol. The van der Waals surface area contributed by atoms with Crippen molar-refractivity contribution < 1.29 is 0 Å². The quantitative estimate of drug-likeness (QED) is 0.616. The molecule has 0 spiro atoms. The Morgan fingerprint density at radius 2 is 1.76 bits per heavy atom. The van der Waals surface area contributed by atoms with Crippen LogP contribution in [-0.2, 0) is 6.42 Å². The number of benzene rings is 1. The van der Waals surface area contributed by atoms with Crippen LogP contribution in [0, 0.1) is 0 Å². The first kappa shape index (κ1) is 14.6. The third-order valence-corrected chi connectivity index (χ3v) is 10.6. The first-order valence-electron chi connectivity index (χ1n) is 7.90.